The molecule has 0 bridgehead atoms. The molecule has 3 aromatic rings. The highest BCUT2D eigenvalue weighted by Gasteiger charge is 2.33. The van der Waals surface area contributed by atoms with E-state index < -0.39 is 5.97 Å². The van der Waals surface area contributed by atoms with Crippen molar-refractivity contribution in [3.8, 4) is 11.5 Å². The number of carbonyl (C=O) groups is 2. The van der Waals surface area contributed by atoms with Crippen LogP contribution < -0.4 is 19.5 Å². The van der Waals surface area contributed by atoms with Crippen LogP contribution in [-0.2, 0) is 11.4 Å². The maximum Gasteiger partial charge on any atom is 0.270 e. The Morgan fingerprint density at radius 3 is 2.56 bits per heavy atom. The zero-order chi connectivity index (χ0) is 24.2. The molecule has 0 saturated carbocycles. The Morgan fingerprint density at radius 1 is 1.09 bits per heavy atom. The highest BCUT2D eigenvalue weighted by atomic mass is 32.2. The van der Waals surface area contributed by atoms with Crippen LogP contribution in [0.5, 0.6) is 11.5 Å². The van der Waals surface area contributed by atoms with Crippen LogP contribution in [0, 0.1) is 6.92 Å². The van der Waals surface area contributed by atoms with Gasteiger partial charge in [-0.1, -0.05) is 72.0 Å². The van der Waals surface area contributed by atoms with Crippen LogP contribution in [-0.4, -0.2) is 23.3 Å². The third-order valence-electron chi connectivity index (χ3n) is 5.13. The van der Waals surface area contributed by atoms with Crippen LogP contribution >= 0.6 is 24.0 Å². The van der Waals surface area contributed by atoms with Crippen molar-refractivity contribution in [2.45, 2.75) is 13.5 Å². The monoisotopic (exact) mass is 490 g/mol. The molecule has 172 valence electrons. The largest absolute Gasteiger partial charge is 0.545 e. The van der Waals surface area contributed by atoms with E-state index in [0.717, 1.165) is 22.9 Å². The molecule has 3 aromatic carbocycles. The Kier molecular flexibility index (Phi) is 7.00. The number of carboxylic acid groups (broad SMARTS) is 1. The number of amides is 1. The zero-order valence-electron chi connectivity index (χ0n) is 18.4. The van der Waals surface area contributed by atoms with Crippen LogP contribution in [0.25, 0.3) is 6.08 Å². The maximum atomic E-state index is 13.0. The lowest BCUT2D eigenvalue weighted by molar-refractivity contribution is -0.255. The number of nitrogens with zero attached hydrogens (tertiary/aromatic N) is 1. The summed E-state index contributed by atoms with van der Waals surface area (Å²) < 4.78 is 11.7. The summed E-state index contributed by atoms with van der Waals surface area (Å²) in [5.74, 6) is -0.520. The second-order valence-corrected chi connectivity index (χ2v) is 9.22. The van der Waals surface area contributed by atoms with Crippen molar-refractivity contribution in [3.05, 3.63) is 93.9 Å². The van der Waals surface area contributed by atoms with E-state index in [1.54, 1.807) is 37.5 Å². The summed E-state index contributed by atoms with van der Waals surface area (Å²) in [6, 6.07) is 19.4. The molecule has 0 atom stereocenters. The molecule has 8 heteroatoms. The fourth-order valence-electron chi connectivity index (χ4n) is 3.35. The SMILES string of the molecule is COc1cc(/C=C2\SC(=S)N(c3cccc(C(=O)[O-])c3)C2=O)ccc1OCc1ccc(C)cc1. The highest BCUT2D eigenvalue weighted by Crippen LogP contribution is 2.37. The number of hydrogen-bond acceptors (Lipinski definition) is 7. The van der Waals surface area contributed by atoms with Gasteiger partial charge >= 0.3 is 0 Å². The summed E-state index contributed by atoms with van der Waals surface area (Å²) in [6.45, 7) is 2.43. The molecule has 0 aliphatic carbocycles. The van der Waals surface area contributed by atoms with Gasteiger partial charge in [0.2, 0.25) is 0 Å². The van der Waals surface area contributed by atoms with Crippen LogP contribution in [0.4, 0.5) is 5.69 Å². The molecule has 34 heavy (non-hydrogen) atoms. The minimum Gasteiger partial charge on any atom is -0.545 e. The van der Waals surface area contributed by atoms with E-state index in [1.807, 2.05) is 37.3 Å². The Bertz CT molecular complexity index is 1300. The third-order valence-corrected chi connectivity index (χ3v) is 6.44. The molecule has 4 rings (SSSR count). The lowest BCUT2D eigenvalue weighted by Crippen LogP contribution is -2.28. The maximum absolute atomic E-state index is 13.0. The fourth-order valence-corrected chi connectivity index (χ4v) is 4.65. The third kappa shape index (κ3) is 5.13. The average Bonchev–Trinajstić information content (AvgIpc) is 3.11. The number of thioether (sulfide) groups is 1. The molecule has 0 N–H and O–H groups in total. The molecule has 0 radical (unpaired) electrons. The van der Waals surface area contributed by atoms with Crippen LogP contribution in [0.3, 0.4) is 0 Å². The van der Waals surface area contributed by atoms with Crippen molar-refractivity contribution >= 4 is 51.9 Å². The van der Waals surface area contributed by atoms with Gasteiger partial charge in [0.25, 0.3) is 5.91 Å². The lowest BCUT2D eigenvalue weighted by Gasteiger charge is -2.16. The molecule has 1 amide bonds. The van der Waals surface area contributed by atoms with Gasteiger partial charge < -0.3 is 19.4 Å². The summed E-state index contributed by atoms with van der Waals surface area (Å²) in [4.78, 5) is 25.9. The number of aromatic carboxylic acids is 1. The molecule has 1 aliphatic rings. The van der Waals surface area contributed by atoms with Gasteiger partial charge in [-0.3, -0.25) is 9.69 Å². The Morgan fingerprint density at radius 2 is 1.85 bits per heavy atom. The lowest BCUT2D eigenvalue weighted by atomic mass is 10.1. The van der Waals surface area contributed by atoms with Gasteiger partial charge in [0.1, 0.15) is 6.61 Å². The number of benzene rings is 3. The summed E-state index contributed by atoms with van der Waals surface area (Å²) in [5, 5.41) is 11.2. The molecule has 1 aliphatic heterocycles. The Hall–Kier alpha value is -3.62. The number of hydrogen-bond donors (Lipinski definition) is 0. The van der Waals surface area contributed by atoms with Crippen LogP contribution in [0.15, 0.2) is 71.6 Å². The normalized spacial score (nSPS) is 14.5. The number of rotatable bonds is 7. The summed E-state index contributed by atoms with van der Waals surface area (Å²) in [5.41, 5.74) is 3.32. The van der Waals surface area contributed by atoms with Crippen molar-refractivity contribution in [3.63, 3.8) is 0 Å². The van der Waals surface area contributed by atoms with Gasteiger partial charge in [-0.05, 0) is 54.0 Å². The molecule has 0 unspecified atom stereocenters. The number of carbonyl (C=O) groups excluding carboxylic acids is 2. The number of anilines is 1. The standard InChI is InChI=1S/C26H21NO5S2/c1-16-6-8-17(9-7-16)15-32-21-11-10-18(12-22(21)31-2)13-23-24(28)27(26(33)34-23)20-5-3-4-19(14-20)25(29)30/h3-14H,15H2,1-2H3,(H,29,30)/p-1/b23-13-. The first-order valence-corrected chi connectivity index (χ1v) is 11.5. The summed E-state index contributed by atoms with van der Waals surface area (Å²) in [7, 11) is 1.56. The van der Waals surface area contributed by atoms with Gasteiger partial charge in [-0.2, -0.15) is 0 Å². The summed E-state index contributed by atoms with van der Waals surface area (Å²) in [6.07, 6.45) is 1.72. The van der Waals surface area contributed by atoms with Gasteiger partial charge in [0, 0.05) is 0 Å². The van der Waals surface area contributed by atoms with Gasteiger partial charge in [0.05, 0.1) is 23.7 Å². The average molecular weight is 491 g/mol. The van der Waals surface area contributed by atoms with E-state index in [9.17, 15) is 14.7 Å². The van der Waals surface area contributed by atoms with Crippen molar-refractivity contribution in [1.29, 1.82) is 0 Å². The number of carboxylic acids is 1. The molecule has 1 fully saturated rings. The highest BCUT2D eigenvalue weighted by molar-refractivity contribution is 8.27. The van der Waals surface area contributed by atoms with E-state index in [1.165, 1.54) is 22.6 Å². The van der Waals surface area contributed by atoms with E-state index in [4.69, 9.17) is 21.7 Å². The van der Waals surface area contributed by atoms with Crippen molar-refractivity contribution < 1.29 is 24.2 Å². The second-order valence-electron chi connectivity index (χ2n) is 7.54. The molecular formula is C26H20NO5S2-. The molecule has 0 spiro atoms. The Balaban J connectivity index is 1.53. The van der Waals surface area contributed by atoms with E-state index >= 15 is 0 Å². The fraction of sp³-hybridized carbons (Fsp3) is 0.115. The van der Waals surface area contributed by atoms with Crippen LogP contribution in [0.2, 0.25) is 0 Å². The minimum atomic E-state index is -1.32. The number of thiocarbonyl (C=S) groups is 1. The molecule has 0 aromatic heterocycles. The molecule has 6 nitrogen and oxygen atoms in total. The summed E-state index contributed by atoms with van der Waals surface area (Å²) >= 11 is 6.53. The van der Waals surface area contributed by atoms with Gasteiger partial charge in [0.15, 0.2) is 15.8 Å². The predicted molar refractivity (Wildman–Crippen MR) is 135 cm³/mol. The van der Waals surface area contributed by atoms with Crippen LogP contribution in [0.1, 0.15) is 27.0 Å². The first kappa shape index (κ1) is 23.5. The topological polar surface area (TPSA) is 78.9 Å². The number of methoxy groups -OCH3 is 1. The second kappa shape index (κ2) is 10.1. The number of ether oxygens (including phenoxy) is 2. The van der Waals surface area contributed by atoms with Crippen molar-refractivity contribution in [1.82, 2.24) is 0 Å². The molecular weight excluding hydrogens is 470 g/mol. The minimum absolute atomic E-state index is 0.0264. The number of aryl methyl sites for hydroxylation is 1. The van der Waals surface area contributed by atoms with Crippen molar-refractivity contribution in [2.24, 2.45) is 0 Å². The van der Waals surface area contributed by atoms with Crippen molar-refractivity contribution in [2.75, 3.05) is 12.0 Å². The predicted octanol–water partition coefficient (Wildman–Crippen LogP) is 4.35. The first-order valence-electron chi connectivity index (χ1n) is 10.3. The quantitative estimate of drug-likeness (QED) is 0.360. The molecule has 1 saturated heterocycles. The van der Waals surface area contributed by atoms with Gasteiger partial charge in [-0.15, -0.1) is 0 Å². The zero-order valence-corrected chi connectivity index (χ0v) is 20.1. The van der Waals surface area contributed by atoms with E-state index in [2.05, 4.69) is 0 Å². The van der Waals surface area contributed by atoms with Gasteiger partial charge in [-0.25, -0.2) is 0 Å². The smallest absolute Gasteiger partial charge is 0.270 e. The van der Waals surface area contributed by atoms with E-state index in [-0.39, 0.29) is 11.5 Å². The van der Waals surface area contributed by atoms with E-state index in [0.29, 0.717) is 33.0 Å². The molecule has 1 heterocycles. The first-order chi connectivity index (χ1) is 16.4. The Labute approximate surface area is 206 Å².